The second kappa shape index (κ2) is 5.31. The first-order valence-electron chi connectivity index (χ1n) is 5.64. The molecule has 0 aliphatic heterocycles. The summed E-state index contributed by atoms with van der Waals surface area (Å²) in [4.78, 5) is 15.5. The van der Waals surface area contributed by atoms with E-state index in [4.69, 9.17) is 0 Å². The number of hydrogen-bond acceptors (Lipinski definition) is 4. The number of nitrogens with zero attached hydrogens (tertiary/aromatic N) is 2. The van der Waals surface area contributed by atoms with Crippen LogP contribution >= 0.6 is 0 Å². The fourth-order valence-electron chi connectivity index (χ4n) is 1.60. The molecule has 94 valence electrons. The molecule has 6 nitrogen and oxygen atoms in total. The van der Waals surface area contributed by atoms with Crippen LogP contribution in [0.4, 0.5) is 5.69 Å². The van der Waals surface area contributed by atoms with E-state index in [1.807, 2.05) is 19.2 Å². The van der Waals surface area contributed by atoms with E-state index < -0.39 is 0 Å². The number of carbonyl (C=O) groups is 1. The van der Waals surface area contributed by atoms with E-state index in [9.17, 15) is 4.79 Å². The van der Waals surface area contributed by atoms with Gasteiger partial charge in [-0.2, -0.15) is 5.10 Å². The first-order valence-corrected chi connectivity index (χ1v) is 5.64. The zero-order chi connectivity index (χ0) is 13.0. The van der Waals surface area contributed by atoms with E-state index in [1.165, 1.54) is 0 Å². The highest BCUT2D eigenvalue weighted by molar-refractivity contribution is 5.92. The van der Waals surface area contributed by atoms with Crippen molar-refractivity contribution in [2.45, 2.75) is 13.0 Å². The molecule has 0 aliphatic carbocycles. The number of H-pyrrole nitrogens is 1. The van der Waals surface area contributed by atoms with Crippen molar-refractivity contribution >= 4 is 11.6 Å². The SMILES string of the molecule is CNC(=O)c1cc(NC(C)c2cn[nH]c2)ccn1. The minimum Gasteiger partial charge on any atom is -0.378 e. The van der Waals surface area contributed by atoms with Gasteiger partial charge in [0.2, 0.25) is 0 Å². The Kier molecular flexibility index (Phi) is 3.57. The zero-order valence-corrected chi connectivity index (χ0v) is 10.3. The number of carbonyl (C=O) groups excluding carboxylic acids is 1. The number of pyridine rings is 1. The average molecular weight is 245 g/mol. The van der Waals surface area contributed by atoms with Gasteiger partial charge in [0.15, 0.2) is 0 Å². The van der Waals surface area contributed by atoms with Crippen LogP contribution in [0.3, 0.4) is 0 Å². The average Bonchev–Trinajstić information content (AvgIpc) is 2.92. The van der Waals surface area contributed by atoms with Gasteiger partial charge in [0.25, 0.3) is 5.91 Å². The van der Waals surface area contributed by atoms with Crippen LogP contribution in [0.25, 0.3) is 0 Å². The molecule has 2 aromatic rings. The first kappa shape index (κ1) is 12.1. The summed E-state index contributed by atoms with van der Waals surface area (Å²) in [5, 5.41) is 12.5. The van der Waals surface area contributed by atoms with Gasteiger partial charge in [-0.25, -0.2) is 0 Å². The van der Waals surface area contributed by atoms with Gasteiger partial charge >= 0.3 is 0 Å². The molecular weight excluding hydrogens is 230 g/mol. The lowest BCUT2D eigenvalue weighted by Gasteiger charge is -2.13. The van der Waals surface area contributed by atoms with E-state index in [0.717, 1.165) is 11.3 Å². The Morgan fingerprint density at radius 1 is 1.50 bits per heavy atom. The normalized spacial score (nSPS) is 11.9. The second-order valence-corrected chi connectivity index (χ2v) is 3.91. The summed E-state index contributed by atoms with van der Waals surface area (Å²) in [6, 6.07) is 3.64. The summed E-state index contributed by atoms with van der Waals surface area (Å²) in [6.07, 6.45) is 5.20. The Balaban J connectivity index is 2.12. The molecule has 0 bridgehead atoms. The summed E-state index contributed by atoms with van der Waals surface area (Å²) in [5.74, 6) is -0.199. The number of anilines is 1. The van der Waals surface area contributed by atoms with Gasteiger partial charge in [-0.15, -0.1) is 0 Å². The molecule has 0 saturated carbocycles. The van der Waals surface area contributed by atoms with Crippen molar-refractivity contribution in [2.75, 3.05) is 12.4 Å². The summed E-state index contributed by atoms with van der Waals surface area (Å²) < 4.78 is 0. The lowest BCUT2D eigenvalue weighted by Crippen LogP contribution is -2.19. The fourth-order valence-corrected chi connectivity index (χ4v) is 1.60. The maximum absolute atomic E-state index is 11.5. The monoisotopic (exact) mass is 245 g/mol. The van der Waals surface area contributed by atoms with Crippen molar-refractivity contribution in [3.8, 4) is 0 Å². The highest BCUT2D eigenvalue weighted by atomic mass is 16.1. The minimum absolute atomic E-state index is 0.101. The molecule has 0 radical (unpaired) electrons. The topological polar surface area (TPSA) is 82.7 Å². The maximum Gasteiger partial charge on any atom is 0.269 e. The molecule has 1 atom stereocenters. The molecule has 0 aromatic carbocycles. The van der Waals surface area contributed by atoms with E-state index in [1.54, 1.807) is 25.5 Å². The second-order valence-electron chi connectivity index (χ2n) is 3.91. The number of amides is 1. The molecule has 0 fully saturated rings. The zero-order valence-electron chi connectivity index (χ0n) is 10.3. The Morgan fingerprint density at radius 2 is 2.33 bits per heavy atom. The molecule has 0 spiro atoms. The van der Waals surface area contributed by atoms with Crippen molar-refractivity contribution < 1.29 is 4.79 Å². The van der Waals surface area contributed by atoms with Gasteiger partial charge in [0, 0.05) is 30.7 Å². The van der Waals surface area contributed by atoms with Crippen LogP contribution in [0, 0.1) is 0 Å². The fraction of sp³-hybridized carbons (Fsp3) is 0.250. The summed E-state index contributed by atoms with van der Waals surface area (Å²) in [6.45, 7) is 2.02. The Bertz CT molecular complexity index is 523. The van der Waals surface area contributed by atoms with Crippen LogP contribution in [0.5, 0.6) is 0 Å². The predicted octanol–water partition coefficient (Wildman–Crippen LogP) is 1.34. The van der Waals surface area contributed by atoms with Gasteiger partial charge in [0.1, 0.15) is 5.69 Å². The number of hydrogen-bond donors (Lipinski definition) is 3. The number of aromatic amines is 1. The molecule has 2 heterocycles. The Morgan fingerprint density at radius 3 is 3.00 bits per heavy atom. The van der Waals surface area contributed by atoms with Crippen LogP contribution in [0.15, 0.2) is 30.7 Å². The summed E-state index contributed by atoms with van der Waals surface area (Å²) in [7, 11) is 1.58. The van der Waals surface area contributed by atoms with Gasteiger partial charge in [-0.1, -0.05) is 0 Å². The number of aromatic nitrogens is 3. The Hall–Kier alpha value is -2.37. The van der Waals surface area contributed by atoms with Gasteiger partial charge in [0.05, 0.1) is 12.2 Å². The molecule has 2 aromatic heterocycles. The third kappa shape index (κ3) is 2.65. The van der Waals surface area contributed by atoms with Crippen LogP contribution in [-0.2, 0) is 0 Å². The molecule has 0 saturated heterocycles. The van der Waals surface area contributed by atoms with Crippen molar-refractivity contribution in [1.29, 1.82) is 0 Å². The Labute approximate surface area is 105 Å². The maximum atomic E-state index is 11.5. The van der Waals surface area contributed by atoms with Gasteiger partial charge in [-0.3, -0.25) is 14.9 Å². The highest BCUT2D eigenvalue weighted by Crippen LogP contribution is 2.18. The van der Waals surface area contributed by atoms with Crippen molar-refractivity contribution in [1.82, 2.24) is 20.5 Å². The van der Waals surface area contributed by atoms with Crippen LogP contribution in [-0.4, -0.2) is 28.1 Å². The standard InChI is InChI=1S/C12H15N5O/c1-8(9-6-15-16-7-9)17-10-3-4-14-11(5-10)12(18)13-2/h3-8H,1-2H3,(H,13,18)(H,14,17)(H,15,16). The number of nitrogens with one attached hydrogen (secondary N) is 3. The van der Waals surface area contributed by atoms with Crippen LogP contribution in [0.2, 0.25) is 0 Å². The first-order chi connectivity index (χ1) is 8.70. The largest absolute Gasteiger partial charge is 0.378 e. The number of rotatable bonds is 4. The van der Waals surface area contributed by atoms with Crippen molar-refractivity contribution in [2.24, 2.45) is 0 Å². The van der Waals surface area contributed by atoms with E-state index in [-0.39, 0.29) is 11.9 Å². The molecule has 18 heavy (non-hydrogen) atoms. The molecule has 0 aliphatic rings. The van der Waals surface area contributed by atoms with Crippen molar-refractivity contribution in [3.63, 3.8) is 0 Å². The molecule has 1 amide bonds. The molecule has 1 unspecified atom stereocenters. The third-order valence-electron chi connectivity index (χ3n) is 2.62. The van der Waals surface area contributed by atoms with Crippen LogP contribution < -0.4 is 10.6 Å². The van der Waals surface area contributed by atoms with Gasteiger partial charge in [-0.05, 0) is 19.1 Å². The summed E-state index contributed by atoms with van der Waals surface area (Å²) >= 11 is 0. The van der Waals surface area contributed by atoms with Gasteiger partial charge < -0.3 is 10.6 Å². The molecular formula is C12H15N5O. The predicted molar refractivity (Wildman–Crippen MR) is 68.3 cm³/mol. The lowest BCUT2D eigenvalue weighted by molar-refractivity contribution is 0.0958. The minimum atomic E-state index is -0.199. The van der Waals surface area contributed by atoms with Crippen LogP contribution in [0.1, 0.15) is 29.0 Å². The molecule has 3 N–H and O–H groups in total. The quantitative estimate of drug-likeness (QED) is 0.759. The highest BCUT2D eigenvalue weighted by Gasteiger charge is 2.09. The van der Waals surface area contributed by atoms with Crippen molar-refractivity contribution in [3.05, 3.63) is 42.0 Å². The van der Waals surface area contributed by atoms with E-state index in [0.29, 0.717) is 5.69 Å². The van der Waals surface area contributed by atoms with E-state index in [2.05, 4.69) is 25.8 Å². The molecule has 2 rings (SSSR count). The smallest absolute Gasteiger partial charge is 0.269 e. The van der Waals surface area contributed by atoms with E-state index >= 15 is 0 Å². The third-order valence-corrected chi connectivity index (χ3v) is 2.62. The summed E-state index contributed by atoms with van der Waals surface area (Å²) in [5.41, 5.74) is 2.28. The lowest BCUT2D eigenvalue weighted by atomic mass is 10.2. The molecule has 6 heteroatoms.